The fourth-order valence-corrected chi connectivity index (χ4v) is 2.56. The second kappa shape index (κ2) is 19.7. The van der Waals surface area contributed by atoms with Crippen molar-refractivity contribution in [2.45, 2.75) is 96.8 Å². The SMILES string of the molecule is CCCCC/C=C\C/C=C\CCCCCCCCOC(=O)CCC(=O)O. The number of allylic oxidation sites excluding steroid dienone is 4. The summed E-state index contributed by atoms with van der Waals surface area (Å²) in [5.74, 6) is -1.37. The van der Waals surface area contributed by atoms with Crippen LogP contribution >= 0.6 is 0 Å². The zero-order valence-corrected chi connectivity index (χ0v) is 16.6. The number of carboxylic acid groups (broad SMARTS) is 1. The number of carbonyl (C=O) groups is 2. The summed E-state index contributed by atoms with van der Waals surface area (Å²) in [4.78, 5) is 21.5. The Morgan fingerprint density at radius 1 is 0.769 bits per heavy atom. The molecule has 0 aliphatic heterocycles. The highest BCUT2D eigenvalue weighted by atomic mass is 16.5. The van der Waals surface area contributed by atoms with Crippen molar-refractivity contribution in [3.05, 3.63) is 24.3 Å². The van der Waals surface area contributed by atoms with Gasteiger partial charge >= 0.3 is 11.9 Å². The summed E-state index contributed by atoms with van der Waals surface area (Å²) in [7, 11) is 0. The molecule has 0 saturated carbocycles. The number of rotatable bonds is 18. The molecule has 0 radical (unpaired) electrons. The van der Waals surface area contributed by atoms with Gasteiger partial charge in [0.1, 0.15) is 0 Å². The van der Waals surface area contributed by atoms with E-state index in [2.05, 4.69) is 31.2 Å². The third-order valence-corrected chi connectivity index (χ3v) is 4.15. The second-order valence-corrected chi connectivity index (χ2v) is 6.70. The normalized spacial score (nSPS) is 11.4. The lowest BCUT2D eigenvalue weighted by molar-refractivity contribution is -0.147. The molecule has 0 aliphatic rings. The van der Waals surface area contributed by atoms with Crippen molar-refractivity contribution >= 4 is 11.9 Å². The molecule has 0 spiro atoms. The predicted octanol–water partition coefficient (Wildman–Crippen LogP) is 6.21. The quantitative estimate of drug-likeness (QED) is 0.178. The van der Waals surface area contributed by atoms with Gasteiger partial charge in [0, 0.05) is 0 Å². The topological polar surface area (TPSA) is 63.6 Å². The molecule has 0 bridgehead atoms. The molecule has 0 aromatic carbocycles. The van der Waals surface area contributed by atoms with Gasteiger partial charge in [-0.2, -0.15) is 0 Å². The van der Waals surface area contributed by atoms with Gasteiger partial charge in [-0.15, -0.1) is 0 Å². The van der Waals surface area contributed by atoms with Crippen LogP contribution in [0, 0.1) is 0 Å². The molecule has 4 nitrogen and oxygen atoms in total. The molecule has 0 atom stereocenters. The molecular weight excluding hydrogens is 328 g/mol. The maximum Gasteiger partial charge on any atom is 0.306 e. The minimum atomic E-state index is -0.962. The van der Waals surface area contributed by atoms with E-state index in [-0.39, 0.29) is 12.8 Å². The fourth-order valence-electron chi connectivity index (χ4n) is 2.56. The van der Waals surface area contributed by atoms with Crippen molar-refractivity contribution in [1.82, 2.24) is 0 Å². The molecule has 0 aromatic rings. The summed E-state index contributed by atoms with van der Waals surface area (Å²) < 4.78 is 4.99. The van der Waals surface area contributed by atoms with Crippen molar-refractivity contribution in [3.63, 3.8) is 0 Å². The van der Waals surface area contributed by atoms with Crippen LogP contribution in [0.5, 0.6) is 0 Å². The zero-order valence-electron chi connectivity index (χ0n) is 16.6. The van der Waals surface area contributed by atoms with E-state index in [0.29, 0.717) is 6.61 Å². The number of hydrogen-bond donors (Lipinski definition) is 1. The number of unbranched alkanes of at least 4 members (excludes halogenated alkanes) is 9. The lowest BCUT2D eigenvalue weighted by Crippen LogP contribution is -2.08. The molecule has 0 heterocycles. The monoisotopic (exact) mass is 366 g/mol. The molecule has 0 aromatic heterocycles. The second-order valence-electron chi connectivity index (χ2n) is 6.70. The molecular formula is C22H38O4. The Balaban J connectivity index is 3.25. The number of ether oxygens (including phenoxy) is 1. The Kier molecular flexibility index (Phi) is 18.5. The number of hydrogen-bond acceptors (Lipinski definition) is 3. The number of carboxylic acids is 1. The van der Waals surface area contributed by atoms with Crippen LogP contribution in [0.15, 0.2) is 24.3 Å². The average Bonchev–Trinajstić information content (AvgIpc) is 2.62. The first kappa shape index (κ1) is 24.4. The van der Waals surface area contributed by atoms with E-state index in [1.807, 2.05) is 0 Å². The van der Waals surface area contributed by atoms with Crippen LogP contribution in [-0.2, 0) is 14.3 Å². The molecule has 150 valence electrons. The van der Waals surface area contributed by atoms with Gasteiger partial charge in [-0.3, -0.25) is 9.59 Å². The summed E-state index contributed by atoms with van der Waals surface area (Å²) in [5, 5.41) is 8.47. The maximum atomic E-state index is 11.2. The van der Waals surface area contributed by atoms with Crippen molar-refractivity contribution in [1.29, 1.82) is 0 Å². The zero-order chi connectivity index (χ0) is 19.3. The van der Waals surface area contributed by atoms with E-state index in [9.17, 15) is 9.59 Å². The van der Waals surface area contributed by atoms with Crippen LogP contribution in [0.2, 0.25) is 0 Å². The lowest BCUT2D eigenvalue weighted by Gasteiger charge is -2.04. The molecule has 0 fully saturated rings. The van der Waals surface area contributed by atoms with Gasteiger partial charge in [-0.05, 0) is 38.5 Å². The van der Waals surface area contributed by atoms with E-state index in [1.54, 1.807) is 0 Å². The van der Waals surface area contributed by atoms with Gasteiger partial charge in [0.05, 0.1) is 19.4 Å². The summed E-state index contributed by atoms with van der Waals surface area (Å²) in [6, 6.07) is 0. The van der Waals surface area contributed by atoms with Crippen molar-refractivity contribution in [3.8, 4) is 0 Å². The van der Waals surface area contributed by atoms with Gasteiger partial charge in [0.15, 0.2) is 0 Å². The summed E-state index contributed by atoms with van der Waals surface area (Å²) in [6.07, 6.45) is 23.1. The van der Waals surface area contributed by atoms with Gasteiger partial charge < -0.3 is 9.84 Å². The third-order valence-electron chi connectivity index (χ3n) is 4.15. The first-order chi connectivity index (χ1) is 12.7. The fraction of sp³-hybridized carbons (Fsp3) is 0.727. The van der Waals surface area contributed by atoms with Crippen molar-refractivity contribution < 1.29 is 19.4 Å². The molecule has 0 rings (SSSR count). The van der Waals surface area contributed by atoms with Crippen LogP contribution in [0.3, 0.4) is 0 Å². The molecule has 26 heavy (non-hydrogen) atoms. The van der Waals surface area contributed by atoms with E-state index >= 15 is 0 Å². The Hall–Kier alpha value is -1.58. The smallest absolute Gasteiger partial charge is 0.306 e. The highest BCUT2D eigenvalue weighted by Crippen LogP contribution is 2.08. The lowest BCUT2D eigenvalue weighted by atomic mass is 10.1. The Bertz CT molecular complexity index is 399. The Morgan fingerprint density at radius 2 is 1.35 bits per heavy atom. The van der Waals surface area contributed by atoms with E-state index in [4.69, 9.17) is 9.84 Å². The summed E-state index contributed by atoms with van der Waals surface area (Å²) >= 11 is 0. The number of esters is 1. The van der Waals surface area contributed by atoms with Crippen LogP contribution in [0.25, 0.3) is 0 Å². The van der Waals surface area contributed by atoms with Crippen LogP contribution in [0.1, 0.15) is 96.8 Å². The Morgan fingerprint density at radius 3 is 1.96 bits per heavy atom. The van der Waals surface area contributed by atoms with Crippen LogP contribution in [-0.4, -0.2) is 23.7 Å². The standard InChI is InChI=1S/C22H38O4/c1-2-3-4-5-6-7-8-9-10-11-12-13-14-15-16-17-20-26-22(25)19-18-21(23)24/h6-7,9-10H,2-5,8,11-20H2,1H3,(H,23,24)/b7-6-,10-9-. The molecule has 0 unspecified atom stereocenters. The van der Waals surface area contributed by atoms with Gasteiger partial charge in [-0.25, -0.2) is 0 Å². The van der Waals surface area contributed by atoms with Gasteiger partial charge in [0.25, 0.3) is 0 Å². The van der Waals surface area contributed by atoms with Gasteiger partial charge in [0.2, 0.25) is 0 Å². The average molecular weight is 367 g/mol. The third kappa shape index (κ3) is 20.5. The van der Waals surface area contributed by atoms with Crippen molar-refractivity contribution in [2.75, 3.05) is 6.61 Å². The largest absolute Gasteiger partial charge is 0.481 e. The minimum Gasteiger partial charge on any atom is -0.481 e. The predicted molar refractivity (Wildman–Crippen MR) is 107 cm³/mol. The molecule has 0 amide bonds. The number of aliphatic carboxylic acids is 1. The summed E-state index contributed by atoms with van der Waals surface area (Å²) in [6.45, 7) is 2.64. The molecule has 0 saturated heterocycles. The highest BCUT2D eigenvalue weighted by molar-refractivity contribution is 5.76. The first-order valence-electron chi connectivity index (χ1n) is 10.3. The van der Waals surface area contributed by atoms with Gasteiger partial charge in [-0.1, -0.05) is 69.8 Å². The first-order valence-corrected chi connectivity index (χ1v) is 10.3. The van der Waals surface area contributed by atoms with E-state index < -0.39 is 11.9 Å². The van der Waals surface area contributed by atoms with Crippen LogP contribution < -0.4 is 0 Å². The van der Waals surface area contributed by atoms with Crippen molar-refractivity contribution in [2.24, 2.45) is 0 Å². The number of carbonyl (C=O) groups excluding carboxylic acids is 1. The van der Waals surface area contributed by atoms with E-state index in [0.717, 1.165) is 32.1 Å². The van der Waals surface area contributed by atoms with E-state index in [1.165, 1.54) is 44.9 Å². The minimum absolute atomic E-state index is 0.0303. The Labute approximate surface area is 159 Å². The highest BCUT2D eigenvalue weighted by Gasteiger charge is 2.05. The molecule has 0 aliphatic carbocycles. The molecule has 1 N–H and O–H groups in total. The van der Waals surface area contributed by atoms with Crippen LogP contribution in [0.4, 0.5) is 0 Å². The molecule has 4 heteroatoms. The maximum absolute atomic E-state index is 11.2. The summed E-state index contributed by atoms with van der Waals surface area (Å²) in [5.41, 5.74) is 0.